The Labute approximate surface area is 93.0 Å². The van der Waals surface area contributed by atoms with E-state index in [0.717, 1.165) is 32.5 Å². The van der Waals surface area contributed by atoms with Crippen LogP contribution in [0, 0.1) is 5.92 Å². The second kappa shape index (κ2) is 5.31. The summed E-state index contributed by atoms with van der Waals surface area (Å²) in [5.74, 6) is 0.543. The molecule has 1 atom stereocenters. The molecule has 15 heavy (non-hydrogen) atoms. The molecule has 0 bridgehead atoms. The Bertz CT molecular complexity index is 175. The Kier molecular flexibility index (Phi) is 4.04. The third kappa shape index (κ3) is 2.94. The van der Waals surface area contributed by atoms with Gasteiger partial charge >= 0.3 is 0 Å². The smallest absolute Gasteiger partial charge is 0.0698 e. The van der Waals surface area contributed by atoms with Crippen LogP contribution in [-0.2, 0) is 4.74 Å². The SMILES string of the molecule is OC1(C2CCCCCC2)CCCOCC1. The highest BCUT2D eigenvalue weighted by molar-refractivity contribution is 4.88. The highest BCUT2D eigenvalue weighted by Crippen LogP contribution is 2.37. The van der Waals surface area contributed by atoms with E-state index in [1.165, 1.54) is 38.5 Å². The van der Waals surface area contributed by atoms with Crippen molar-refractivity contribution in [3.8, 4) is 0 Å². The van der Waals surface area contributed by atoms with Crippen molar-refractivity contribution in [3.63, 3.8) is 0 Å². The van der Waals surface area contributed by atoms with Crippen molar-refractivity contribution >= 4 is 0 Å². The maximum absolute atomic E-state index is 10.7. The van der Waals surface area contributed by atoms with Crippen molar-refractivity contribution in [3.05, 3.63) is 0 Å². The lowest BCUT2D eigenvalue weighted by Crippen LogP contribution is -2.38. The molecule has 2 fully saturated rings. The van der Waals surface area contributed by atoms with Crippen LogP contribution in [0.25, 0.3) is 0 Å². The van der Waals surface area contributed by atoms with Crippen LogP contribution in [0.4, 0.5) is 0 Å². The molecular formula is C13H24O2. The van der Waals surface area contributed by atoms with E-state index in [0.29, 0.717) is 5.92 Å². The molecule has 0 aromatic heterocycles. The molecule has 2 heteroatoms. The molecule has 0 radical (unpaired) electrons. The first kappa shape index (κ1) is 11.4. The molecular weight excluding hydrogens is 188 g/mol. The lowest BCUT2D eigenvalue weighted by Gasteiger charge is -2.34. The summed E-state index contributed by atoms with van der Waals surface area (Å²) in [5, 5.41) is 10.7. The minimum atomic E-state index is -0.402. The quantitative estimate of drug-likeness (QED) is 0.677. The third-order valence-corrected chi connectivity index (χ3v) is 4.19. The first-order valence-electron chi connectivity index (χ1n) is 6.61. The summed E-state index contributed by atoms with van der Waals surface area (Å²) in [6.07, 6.45) is 10.7. The molecule has 0 aromatic rings. The normalized spacial score (nSPS) is 35.8. The van der Waals surface area contributed by atoms with Gasteiger partial charge in [-0.25, -0.2) is 0 Å². The van der Waals surface area contributed by atoms with Crippen molar-refractivity contribution in [1.82, 2.24) is 0 Å². The molecule has 2 aliphatic rings. The third-order valence-electron chi connectivity index (χ3n) is 4.19. The Balaban J connectivity index is 1.97. The van der Waals surface area contributed by atoms with E-state index in [4.69, 9.17) is 4.74 Å². The van der Waals surface area contributed by atoms with Gasteiger partial charge in [0.05, 0.1) is 5.60 Å². The largest absolute Gasteiger partial charge is 0.390 e. The Morgan fingerprint density at radius 2 is 1.60 bits per heavy atom. The molecule has 1 N–H and O–H groups in total. The van der Waals surface area contributed by atoms with E-state index in [2.05, 4.69) is 0 Å². The number of aliphatic hydroxyl groups is 1. The summed E-state index contributed by atoms with van der Waals surface area (Å²) in [7, 11) is 0. The minimum absolute atomic E-state index is 0.402. The zero-order chi connectivity index (χ0) is 10.6. The van der Waals surface area contributed by atoms with Crippen LogP contribution >= 0.6 is 0 Å². The van der Waals surface area contributed by atoms with Crippen LogP contribution in [0.15, 0.2) is 0 Å². The molecule has 1 heterocycles. The first-order chi connectivity index (χ1) is 7.31. The molecule has 0 spiro atoms. The van der Waals surface area contributed by atoms with Crippen molar-refractivity contribution in [2.45, 2.75) is 63.4 Å². The van der Waals surface area contributed by atoms with Crippen molar-refractivity contribution in [2.75, 3.05) is 13.2 Å². The van der Waals surface area contributed by atoms with E-state index in [-0.39, 0.29) is 0 Å². The van der Waals surface area contributed by atoms with Gasteiger partial charge in [0.1, 0.15) is 0 Å². The Hall–Kier alpha value is -0.0800. The zero-order valence-corrected chi connectivity index (χ0v) is 9.71. The summed E-state index contributed by atoms with van der Waals surface area (Å²) >= 11 is 0. The van der Waals surface area contributed by atoms with E-state index in [1.54, 1.807) is 0 Å². The molecule has 1 unspecified atom stereocenters. The predicted molar refractivity (Wildman–Crippen MR) is 60.8 cm³/mol. The van der Waals surface area contributed by atoms with Crippen LogP contribution in [0.5, 0.6) is 0 Å². The molecule has 88 valence electrons. The molecule has 1 aliphatic heterocycles. The highest BCUT2D eigenvalue weighted by Gasteiger charge is 2.36. The maximum Gasteiger partial charge on any atom is 0.0698 e. The van der Waals surface area contributed by atoms with Gasteiger partial charge in [0.15, 0.2) is 0 Å². The summed E-state index contributed by atoms with van der Waals surface area (Å²) in [6.45, 7) is 1.60. The van der Waals surface area contributed by atoms with E-state index in [1.807, 2.05) is 0 Å². The highest BCUT2D eigenvalue weighted by atomic mass is 16.5. The van der Waals surface area contributed by atoms with Gasteiger partial charge in [-0.3, -0.25) is 0 Å². The molecule has 1 saturated carbocycles. The van der Waals surface area contributed by atoms with Gasteiger partial charge in [0, 0.05) is 13.2 Å². The van der Waals surface area contributed by atoms with Crippen molar-refractivity contribution in [1.29, 1.82) is 0 Å². The average Bonchev–Trinajstić information content (AvgIpc) is 2.60. The second-order valence-electron chi connectivity index (χ2n) is 5.26. The summed E-state index contributed by atoms with van der Waals surface area (Å²) in [5.41, 5.74) is -0.402. The van der Waals surface area contributed by atoms with Gasteiger partial charge in [0.25, 0.3) is 0 Å². The number of hydrogen-bond acceptors (Lipinski definition) is 2. The van der Waals surface area contributed by atoms with Gasteiger partial charge in [-0.1, -0.05) is 25.7 Å². The van der Waals surface area contributed by atoms with Gasteiger partial charge in [-0.05, 0) is 38.0 Å². The first-order valence-corrected chi connectivity index (χ1v) is 6.61. The van der Waals surface area contributed by atoms with Crippen LogP contribution in [0.3, 0.4) is 0 Å². The number of hydrogen-bond donors (Lipinski definition) is 1. The Morgan fingerprint density at radius 3 is 2.33 bits per heavy atom. The van der Waals surface area contributed by atoms with Crippen LogP contribution in [0.2, 0.25) is 0 Å². The maximum atomic E-state index is 10.7. The average molecular weight is 212 g/mol. The molecule has 1 saturated heterocycles. The molecule has 0 amide bonds. The fourth-order valence-electron chi connectivity index (χ4n) is 3.18. The number of rotatable bonds is 1. The summed E-state index contributed by atoms with van der Waals surface area (Å²) in [6, 6.07) is 0. The van der Waals surface area contributed by atoms with Gasteiger partial charge in [-0.2, -0.15) is 0 Å². The monoisotopic (exact) mass is 212 g/mol. The van der Waals surface area contributed by atoms with Crippen LogP contribution in [-0.4, -0.2) is 23.9 Å². The van der Waals surface area contributed by atoms with E-state index >= 15 is 0 Å². The fraction of sp³-hybridized carbons (Fsp3) is 1.00. The molecule has 2 rings (SSSR count). The predicted octanol–water partition coefficient (Wildman–Crippen LogP) is 2.89. The van der Waals surface area contributed by atoms with Gasteiger partial charge < -0.3 is 9.84 Å². The molecule has 0 aromatic carbocycles. The van der Waals surface area contributed by atoms with Crippen LogP contribution in [0.1, 0.15) is 57.8 Å². The lowest BCUT2D eigenvalue weighted by molar-refractivity contribution is -0.0407. The zero-order valence-electron chi connectivity index (χ0n) is 9.71. The fourth-order valence-corrected chi connectivity index (χ4v) is 3.18. The summed E-state index contributed by atoms with van der Waals surface area (Å²) in [4.78, 5) is 0. The second-order valence-corrected chi connectivity index (χ2v) is 5.26. The minimum Gasteiger partial charge on any atom is -0.390 e. The van der Waals surface area contributed by atoms with E-state index < -0.39 is 5.60 Å². The van der Waals surface area contributed by atoms with Crippen molar-refractivity contribution < 1.29 is 9.84 Å². The number of ether oxygens (including phenoxy) is 1. The lowest BCUT2D eigenvalue weighted by atomic mass is 9.77. The van der Waals surface area contributed by atoms with Gasteiger partial charge in [-0.15, -0.1) is 0 Å². The van der Waals surface area contributed by atoms with Crippen molar-refractivity contribution in [2.24, 2.45) is 5.92 Å². The standard InChI is InChI=1S/C13H24O2/c14-13(8-5-10-15-11-9-13)12-6-3-1-2-4-7-12/h12,14H,1-11H2. The van der Waals surface area contributed by atoms with E-state index in [9.17, 15) is 5.11 Å². The Morgan fingerprint density at radius 1 is 0.867 bits per heavy atom. The molecule has 1 aliphatic carbocycles. The topological polar surface area (TPSA) is 29.5 Å². The van der Waals surface area contributed by atoms with Crippen LogP contribution < -0.4 is 0 Å². The van der Waals surface area contributed by atoms with Gasteiger partial charge in [0.2, 0.25) is 0 Å². The molecule has 2 nitrogen and oxygen atoms in total. The summed E-state index contributed by atoms with van der Waals surface area (Å²) < 4.78 is 5.45.